The Labute approximate surface area is 207 Å². The topological polar surface area (TPSA) is 68.2 Å². The van der Waals surface area contributed by atoms with Crippen molar-refractivity contribution in [3.63, 3.8) is 0 Å². The molecule has 6 nitrogen and oxygen atoms in total. The van der Waals surface area contributed by atoms with Crippen LogP contribution in [0.4, 0.5) is 13.2 Å². The normalized spacial score (nSPS) is 21.5. The van der Waals surface area contributed by atoms with E-state index >= 15 is 0 Å². The number of alkyl halides is 3. The standard InChI is InChI=1S/C27H27F3N4O2/c1-26(15-18-5-3-2-4-6-18,25(36)33-14-12-21(35)17-33)23-11-13-31-24-22(16-32-34(23)24)19-7-9-20(10-8-19)27(28,29)30/h2-11,13,21,32,35H,12,14-17H2,1H3. The molecule has 0 saturated carbocycles. The van der Waals surface area contributed by atoms with Crippen LogP contribution in [0.5, 0.6) is 0 Å². The third kappa shape index (κ3) is 4.44. The first-order chi connectivity index (χ1) is 17.2. The van der Waals surface area contributed by atoms with E-state index in [0.29, 0.717) is 43.0 Å². The first-order valence-electron chi connectivity index (χ1n) is 11.9. The molecule has 1 amide bonds. The van der Waals surface area contributed by atoms with Gasteiger partial charge in [0, 0.05) is 31.4 Å². The predicted molar refractivity (Wildman–Crippen MR) is 130 cm³/mol. The first-order valence-corrected chi connectivity index (χ1v) is 11.9. The number of allylic oxidation sites excluding steroid dienone is 1. The molecule has 3 heterocycles. The summed E-state index contributed by atoms with van der Waals surface area (Å²) in [5.74, 6) is 0.467. The summed E-state index contributed by atoms with van der Waals surface area (Å²) in [6.45, 7) is 3.02. The molecule has 2 aromatic rings. The maximum Gasteiger partial charge on any atom is 0.416 e. The Morgan fingerprint density at radius 1 is 1.14 bits per heavy atom. The van der Waals surface area contributed by atoms with Crippen molar-refractivity contribution in [3.05, 3.63) is 88.9 Å². The number of rotatable bonds is 5. The van der Waals surface area contributed by atoms with Crippen molar-refractivity contribution in [1.82, 2.24) is 15.3 Å². The van der Waals surface area contributed by atoms with Crippen molar-refractivity contribution in [2.24, 2.45) is 10.4 Å². The van der Waals surface area contributed by atoms with Crippen LogP contribution in [0.1, 0.15) is 30.0 Å². The van der Waals surface area contributed by atoms with Crippen molar-refractivity contribution in [1.29, 1.82) is 0 Å². The lowest BCUT2D eigenvalue weighted by Gasteiger charge is -2.40. The molecule has 2 atom stereocenters. The van der Waals surface area contributed by atoms with Gasteiger partial charge >= 0.3 is 6.18 Å². The molecule has 2 N–H and O–H groups in total. The Hall–Kier alpha value is -3.43. The summed E-state index contributed by atoms with van der Waals surface area (Å²) in [4.78, 5) is 20.2. The minimum Gasteiger partial charge on any atom is -0.391 e. The number of nitrogens with zero attached hydrogens (tertiary/aromatic N) is 3. The average molecular weight is 497 g/mol. The molecule has 0 aromatic heterocycles. The summed E-state index contributed by atoms with van der Waals surface area (Å²) < 4.78 is 39.1. The fourth-order valence-electron chi connectivity index (χ4n) is 5.11. The van der Waals surface area contributed by atoms with E-state index in [4.69, 9.17) is 0 Å². The average Bonchev–Trinajstić information content (AvgIpc) is 3.50. The third-order valence-electron chi connectivity index (χ3n) is 7.01. The van der Waals surface area contributed by atoms with Gasteiger partial charge in [0.05, 0.1) is 22.8 Å². The van der Waals surface area contributed by atoms with Gasteiger partial charge in [-0.15, -0.1) is 0 Å². The number of hydrogen-bond donors (Lipinski definition) is 2. The molecule has 0 aliphatic carbocycles. The molecule has 0 bridgehead atoms. The van der Waals surface area contributed by atoms with E-state index in [1.807, 2.05) is 37.3 Å². The van der Waals surface area contributed by atoms with Crippen LogP contribution >= 0.6 is 0 Å². The van der Waals surface area contributed by atoms with Crippen LogP contribution in [0.25, 0.3) is 5.57 Å². The predicted octanol–water partition coefficient (Wildman–Crippen LogP) is 4.00. The highest BCUT2D eigenvalue weighted by molar-refractivity contribution is 5.89. The number of carbonyl (C=O) groups excluding carboxylic acids is 1. The van der Waals surface area contributed by atoms with Crippen molar-refractivity contribution in [2.45, 2.75) is 32.0 Å². The van der Waals surface area contributed by atoms with Crippen LogP contribution in [0, 0.1) is 5.41 Å². The van der Waals surface area contributed by atoms with E-state index in [9.17, 15) is 23.1 Å². The van der Waals surface area contributed by atoms with Gasteiger partial charge in [-0.05, 0) is 49.1 Å². The van der Waals surface area contributed by atoms with Gasteiger partial charge in [-0.25, -0.2) is 10.4 Å². The van der Waals surface area contributed by atoms with E-state index in [-0.39, 0.29) is 12.5 Å². The molecule has 3 aliphatic heterocycles. The number of aliphatic imine (C=N–C) groups is 1. The van der Waals surface area contributed by atoms with Crippen molar-refractivity contribution in [2.75, 3.05) is 19.6 Å². The highest BCUT2D eigenvalue weighted by atomic mass is 19.4. The van der Waals surface area contributed by atoms with Crippen LogP contribution in [0.15, 0.2) is 77.2 Å². The number of likely N-dealkylation sites (tertiary alicyclic amines) is 1. The van der Waals surface area contributed by atoms with Gasteiger partial charge in [-0.3, -0.25) is 9.80 Å². The second-order valence-corrected chi connectivity index (χ2v) is 9.57. The fraction of sp³-hybridized carbons (Fsp3) is 0.333. The lowest BCUT2D eigenvalue weighted by Crippen LogP contribution is -2.49. The molecular weight excluding hydrogens is 469 g/mol. The van der Waals surface area contributed by atoms with Crippen LogP contribution < -0.4 is 5.43 Å². The summed E-state index contributed by atoms with van der Waals surface area (Å²) >= 11 is 0. The Balaban J connectivity index is 1.51. The molecule has 2 unspecified atom stereocenters. The number of β-amino-alcohol motifs (C(OH)–C–C–N with tert-alkyl or cyclic N) is 1. The van der Waals surface area contributed by atoms with E-state index in [2.05, 4.69) is 10.4 Å². The summed E-state index contributed by atoms with van der Waals surface area (Å²) in [6, 6.07) is 14.8. The number of hydrazine groups is 1. The lowest BCUT2D eigenvalue weighted by atomic mass is 9.78. The zero-order chi connectivity index (χ0) is 25.5. The number of carbonyl (C=O) groups is 1. The van der Waals surface area contributed by atoms with Crippen molar-refractivity contribution < 1.29 is 23.1 Å². The summed E-state index contributed by atoms with van der Waals surface area (Å²) in [5.41, 5.74) is 4.66. The summed E-state index contributed by atoms with van der Waals surface area (Å²) in [6.07, 6.45) is -0.535. The fourth-order valence-corrected chi connectivity index (χ4v) is 5.11. The summed E-state index contributed by atoms with van der Waals surface area (Å²) in [5, 5.41) is 11.8. The van der Waals surface area contributed by atoms with Gasteiger partial charge in [0.25, 0.3) is 0 Å². The first kappa shape index (κ1) is 24.3. The smallest absolute Gasteiger partial charge is 0.391 e. The molecule has 36 heavy (non-hydrogen) atoms. The Bertz CT molecular complexity index is 1240. The number of fused-ring (bicyclic) bond motifs is 1. The van der Waals surface area contributed by atoms with Gasteiger partial charge < -0.3 is 10.0 Å². The number of aliphatic hydroxyl groups is 1. The molecular formula is C27H27F3N4O2. The van der Waals surface area contributed by atoms with Gasteiger partial charge in [0.1, 0.15) is 0 Å². The molecule has 188 valence electrons. The number of benzene rings is 2. The molecule has 9 heteroatoms. The van der Waals surface area contributed by atoms with Gasteiger partial charge in [0.2, 0.25) is 5.91 Å². The highest BCUT2D eigenvalue weighted by Gasteiger charge is 2.46. The minimum atomic E-state index is -4.40. The highest BCUT2D eigenvalue weighted by Crippen LogP contribution is 2.42. The van der Waals surface area contributed by atoms with Crippen molar-refractivity contribution in [3.8, 4) is 0 Å². The van der Waals surface area contributed by atoms with Crippen LogP contribution in [0.2, 0.25) is 0 Å². The SMILES string of the molecule is CC(Cc1ccccc1)(C(=O)N1CCC(O)C1)C1=CC=NC2=C(c3ccc(C(F)(F)F)cc3)CNN12. The largest absolute Gasteiger partial charge is 0.416 e. The molecule has 1 fully saturated rings. The zero-order valence-corrected chi connectivity index (χ0v) is 19.8. The van der Waals surface area contributed by atoms with Crippen LogP contribution in [-0.2, 0) is 17.4 Å². The summed E-state index contributed by atoms with van der Waals surface area (Å²) in [7, 11) is 0. The quantitative estimate of drug-likeness (QED) is 0.657. The zero-order valence-electron chi connectivity index (χ0n) is 19.8. The van der Waals surface area contributed by atoms with Gasteiger partial charge in [-0.1, -0.05) is 42.5 Å². The Morgan fingerprint density at radius 2 is 1.86 bits per heavy atom. The molecule has 0 radical (unpaired) electrons. The van der Waals surface area contributed by atoms with Crippen molar-refractivity contribution >= 4 is 17.7 Å². The molecule has 2 aromatic carbocycles. The van der Waals surface area contributed by atoms with E-state index in [1.165, 1.54) is 12.1 Å². The number of hydrogen-bond acceptors (Lipinski definition) is 5. The molecule has 1 saturated heterocycles. The minimum absolute atomic E-state index is 0.0893. The second-order valence-electron chi connectivity index (χ2n) is 9.57. The Morgan fingerprint density at radius 3 is 2.50 bits per heavy atom. The van der Waals surface area contributed by atoms with Crippen LogP contribution in [-0.4, -0.2) is 52.9 Å². The Kier molecular flexibility index (Phi) is 6.22. The number of nitrogens with one attached hydrogen (secondary N) is 1. The van der Waals surface area contributed by atoms with Crippen LogP contribution in [0.3, 0.4) is 0 Å². The lowest BCUT2D eigenvalue weighted by molar-refractivity contribution is -0.139. The number of halogens is 3. The van der Waals surface area contributed by atoms with E-state index in [1.54, 1.807) is 22.2 Å². The molecule has 3 aliphatic rings. The third-order valence-corrected chi connectivity index (χ3v) is 7.01. The monoisotopic (exact) mass is 496 g/mol. The maximum atomic E-state index is 13.9. The second kappa shape index (κ2) is 9.22. The molecule has 0 spiro atoms. The maximum absolute atomic E-state index is 13.9. The van der Waals surface area contributed by atoms with E-state index in [0.717, 1.165) is 23.3 Å². The van der Waals surface area contributed by atoms with E-state index < -0.39 is 23.3 Å². The number of aliphatic hydroxyl groups excluding tert-OH is 1. The van der Waals surface area contributed by atoms with Gasteiger partial charge in [-0.2, -0.15) is 13.2 Å². The van der Waals surface area contributed by atoms with Gasteiger partial charge in [0.15, 0.2) is 5.82 Å². The number of amides is 1. The molecule has 5 rings (SSSR count).